The van der Waals surface area contributed by atoms with E-state index in [1.807, 2.05) is 26.0 Å². The third kappa shape index (κ3) is 4.47. The van der Waals surface area contributed by atoms with Crippen LogP contribution in [0.2, 0.25) is 0 Å². The van der Waals surface area contributed by atoms with Crippen LogP contribution in [0.1, 0.15) is 35.5 Å². The zero-order chi connectivity index (χ0) is 18.4. The molecule has 5 nitrogen and oxygen atoms in total. The van der Waals surface area contributed by atoms with E-state index in [-0.39, 0.29) is 28.4 Å². The summed E-state index contributed by atoms with van der Waals surface area (Å²) in [5.74, 6) is -0.702. The number of allylic oxidation sites excluding steroid dienone is 3. The van der Waals surface area contributed by atoms with E-state index in [0.717, 1.165) is 5.57 Å². The molecule has 0 fully saturated rings. The average Bonchev–Trinajstić information content (AvgIpc) is 2.59. The predicted octanol–water partition coefficient (Wildman–Crippen LogP) is 3.91. The van der Waals surface area contributed by atoms with Gasteiger partial charge in [0.05, 0.1) is 12.8 Å². The van der Waals surface area contributed by atoms with E-state index in [1.165, 1.54) is 19.3 Å². The quantitative estimate of drug-likeness (QED) is 0.474. The van der Waals surface area contributed by atoms with Gasteiger partial charge in [-0.2, -0.15) is 0 Å². The van der Waals surface area contributed by atoms with Gasteiger partial charge in [-0.1, -0.05) is 17.7 Å². The number of aromatic nitrogens is 1. The summed E-state index contributed by atoms with van der Waals surface area (Å²) >= 11 is 0. The number of carbonyl (C=O) groups is 1. The Labute approximate surface area is 146 Å². The molecule has 1 aromatic heterocycles. The SMILES string of the molecule is COc1cc(O)c(CC=C(C)C)c(O)c1C(=O)C=Cc1ccccn1. The maximum atomic E-state index is 12.6. The van der Waals surface area contributed by atoms with E-state index in [0.29, 0.717) is 12.1 Å². The Morgan fingerprint density at radius 3 is 2.64 bits per heavy atom. The number of ether oxygens (including phenoxy) is 1. The van der Waals surface area contributed by atoms with E-state index in [4.69, 9.17) is 4.74 Å². The van der Waals surface area contributed by atoms with Crippen molar-refractivity contribution in [3.8, 4) is 17.2 Å². The first-order chi connectivity index (χ1) is 11.9. The lowest BCUT2D eigenvalue weighted by molar-refractivity contribution is 0.104. The Morgan fingerprint density at radius 1 is 1.28 bits per heavy atom. The van der Waals surface area contributed by atoms with Crippen LogP contribution in [0.25, 0.3) is 6.08 Å². The summed E-state index contributed by atoms with van der Waals surface area (Å²) in [5.41, 5.74) is 1.97. The molecule has 2 N–H and O–H groups in total. The molecule has 0 unspecified atom stereocenters. The second kappa shape index (κ2) is 8.15. The van der Waals surface area contributed by atoms with Crippen molar-refractivity contribution in [2.45, 2.75) is 20.3 Å². The first kappa shape index (κ1) is 18.3. The summed E-state index contributed by atoms with van der Waals surface area (Å²) in [5, 5.41) is 20.6. The monoisotopic (exact) mass is 339 g/mol. The minimum absolute atomic E-state index is 0.0182. The number of phenols is 2. The Balaban J connectivity index is 2.44. The van der Waals surface area contributed by atoms with Gasteiger partial charge in [-0.15, -0.1) is 0 Å². The molecule has 2 aromatic rings. The molecule has 1 heterocycles. The number of nitrogens with zero attached hydrogens (tertiary/aromatic N) is 1. The van der Waals surface area contributed by atoms with Crippen molar-refractivity contribution in [2.24, 2.45) is 0 Å². The van der Waals surface area contributed by atoms with Gasteiger partial charge in [0.25, 0.3) is 0 Å². The number of phenolic OH excluding ortho intramolecular Hbond substituents is 2. The number of carbonyl (C=O) groups excluding carboxylic acids is 1. The van der Waals surface area contributed by atoms with Gasteiger partial charge in [-0.25, -0.2) is 0 Å². The van der Waals surface area contributed by atoms with Crippen LogP contribution in [-0.4, -0.2) is 28.1 Å². The zero-order valence-corrected chi connectivity index (χ0v) is 14.5. The van der Waals surface area contributed by atoms with Gasteiger partial charge in [-0.3, -0.25) is 9.78 Å². The highest BCUT2D eigenvalue weighted by Crippen LogP contribution is 2.39. The van der Waals surface area contributed by atoms with Gasteiger partial charge in [0.15, 0.2) is 5.78 Å². The molecule has 0 saturated heterocycles. The van der Waals surface area contributed by atoms with E-state index < -0.39 is 5.78 Å². The van der Waals surface area contributed by atoms with Crippen molar-refractivity contribution < 1.29 is 19.7 Å². The van der Waals surface area contributed by atoms with E-state index in [2.05, 4.69) is 4.98 Å². The fourth-order valence-corrected chi connectivity index (χ4v) is 2.30. The lowest BCUT2D eigenvalue weighted by atomic mass is 9.99. The van der Waals surface area contributed by atoms with E-state index in [1.54, 1.807) is 24.4 Å². The standard InChI is InChI=1S/C20H21NO4/c1-13(2)7-9-15-17(23)12-18(25-3)19(20(15)24)16(22)10-8-14-6-4-5-11-21-14/h4-8,10-12,23-24H,9H2,1-3H3. The maximum absolute atomic E-state index is 12.6. The maximum Gasteiger partial charge on any atom is 0.193 e. The number of hydrogen-bond donors (Lipinski definition) is 2. The van der Waals surface area contributed by atoms with Crippen LogP contribution >= 0.6 is 0 Å². The first-order valence-corrected chi connectivity index (χ1v) is 7.82. The first-order valence-electron chi connectivity index (χ1n) is 7.82. The van der Waals surface area contributed by atoms with Gasteiger partial charge in [0, 0.05) is 17.8 Å². The third-order valence-corrected chi connectivity index (χ3v) is 3.62. The molecule has 0 saturated carbocycles. The number of methoxy groups -OCH3 is 1. The molecule has 0 amide bonds. The average molecular weight is 339 g/mol. The summed E-state index contributed by atoms with van der Waals surface area (Å²) in [6.07, 6.45) is 6.68. The van der Waals surface area contributed by atoms with Crippen LogP contribution < -0.4 is 4.74 Å². The van der Waals surface area contributed by atoms with Crippen LogP contribution in [0.3, 0.4) is 0 Å². The largest absolute Gasteiger partial charge is 0.507 e. The second-order valence-corrected chi connectivity index (χ2v) is 5.74. The number of aromatic hydroxyl groups is 2. The van der Waals surface area contributed by atoms with Crippen LogP contribution in [-0.2, 0) is 6.42 Å². The van der Waals surface area contributed by atoms with Crippen LogP contribution in [0.4, 0.5) is 0 Å². The van der Waals surface area contributed by atoms with Gasteiger partial charge in [0.1, 0.15) is 22.8 Å². The summed E-state index contributed by atoms with van der Waals surface area (Å²) in [4.78, 5) is 16.7. The number of hydrogen-bond acceptors (Lipinski definition) is 5. The van der Waals surface area contributed by atoms with Crippen molar-refractivity contribution in [1.82, 2.24) is 4.98 Å². The summed E-state index contributed by atoms with van der Waals surface area (Å²) in [6, 6.07) is 6.70. The second-order valence-electron chi connectivity index (χ2n) is 5.74. The molecule has 130 valence electrons. The normalized spacial score (nSPS) is 10.7. The molecule has 0 bridgehead atoms. The molecule has 25 heavy (non-hydrogen) atoms. The predicted molar refractivity (Wildman–Crippen MR) is 97.1 cm³/mol. The van der Waals surface area contributed by atoms with Crippen molar-refractivity contribution >= 4 is 11.9 Å². The summed E-state index contributed by atoms with van der Waals surface area (Å²) in [6.45, 7) is 3.83. The van der Waals surface area contributed by atoms with Crippen molar-refractivity contribution in [3.05, 3.63) is 65.0 Å². The fraction of sp³-hybridized carbons (Fsp3) is 0.200. The topological polar surface area (TPSA) is 79.6 Å². The summed E-state index contributed by atoms with van der Waals surface area (Å²) in [7, 11) is 1.38. The fourth-order valence-electron chi connectivity index (χ4n) is 2.30. The van der Waals surface area contributed by atoms with Crippen molar-refractivity contribution in [2.75, 3.05) is 7.11 Å². The molecular formula is C20H21NO4. The van der Waals surface area contributed by atoms with Gasteiger partial charge in [-0.05, 0) is 44.6 Å². The lowest BCUT2D eigenvalue weighted by Crippen LogP contribution is -2.02. The summed E-state index contributed by atoms with van der Waals surface area (Å²) < 4.78 is 5.16. The molecule has 0 spiro atoms. The molecular weight excluding hydrogens is 318 g/mol. The smallest absolute Gasteiger partial charge is 0.193 e. The molecule has 0 aliphatic heterocycles. The highest BCUT2D eigenvalue weighted by atomic mass is 16.5. The number of rotatable bonds is 6. The van der Waals surface area contributed by atoms with Crippen LogP contribution in [0.15, 0.2) is 48.2 Å². The number of benzene rings is 1. The Bertz CT molecular complexity index is 819. The molecule has 0 aliphatic carbocycles. The molecule has 5 heteroatoms. The molecule has 0 aliphatic rings. The van der Waals surface area contributed by atoms with E-state index >= 15 is 0 Å². The Hall–Kier alpha value is -3.08. The van der Waals surface area contributed by atoms with Crippen LogP contribution in [0, 0.1) is 0 Å². The lowest BCUT2D eigenvalue weighted by Gasteiger charge is -2.13. The number of ketones is 1. The van der Waals surface area contributed by atoms with Crippen molar-refractivity contribution in [1.29, 1.82) is 0 Å². The van der Waals surface area contributed by atoms with E-state index in [9.17, 15) is 15.0 Å². The van der Waals surface area contributed by atoms with Crippen LogP contribution in [0.5, 0.6) is 17.2 Å². The van der Waals surface area contributed by atoms with Gasteiger partial charge in [0.2, 0.25) is 0 Å². The Kier molecular flexibility index (Phi) is 5.95. The molecule has 0 atom stereocenters. The minimum Gasteiger partial charge on any atom is -0.507 e. The Morgan fingerprint density at radius 2 is 2.04 bits per heavy atom. The molecule has 1 aromatic carbocycles. The number of pyridine rings is 1. The highest BCUT2D eigenvalue weighted by Gasteiger charge is 2.21. The van der Waals surface area contributed by atoms with Gasteiger partial charge >= 0.3 is 0 Å². The molecule has 0 radical (unpaired) electrons. The van der Waals surface area contributed by atoms with Gasteiger partial charge < -0.3 is 14.9 Å². The zero-order valence-electron chi connectivity index (χ0n) is 14.5. The van der Waals surface area contributed by atoms with Crippen molar-refractivity contribution in [3.63, 3.8) is 0 Å². The minimum atomic E-state index is -0.432. The molecule has 2 rings (SSSR count). The third-order valence-electron chi connectivity index (χ3n) is 3.62. The highest BCUT2D eigenvalue weighted by molar-refractivity contribution is 6.11.